The molecule has 0 saturated heterocycles. The van der Waals surface area contributed by atoms with Crippen LogP contribution >= 0.6 is 15.9 Å². The van der Waals surface area contributed by atoms with Crippen LogP contribution < -0.4 is 0 Å². The van der Waals surface area contributed by atoms with E-state index in [2.05, 4.69) is 118 Å². The van der Waals surface area contributed by atoms with E-state index in [4.69, 9.17) is 0 Å². The Morgan fingerprint density at radius 3 is 2.04 bits per heavy atom. The van der Waals surface area contributed by atoms with E-state index in [1.165, 1.54) is 49.0 Å². The minimum Gasteiger partial charge on any atom is -0.309 e. The van der Waals surface area contributed by atoms with Gasteiger partial charge in [-0.1, -0.05) is 88.7 Å². The van der Waals surface area contributed by atoms with Crippen molar-refractivity contribution in [1.29, 1.82) is 0 Å². The largest absolute Gasteiger partial charge is 0.309 e. The van der Waals surface area contributed by atoms with E-state index in [1.807, 2.05) is 0 Å². The van der Waals surface area contributed by atoms with Crippen molar-refractivity contribution in [2.24, 2.45) is 0 Å². The lowest BCUT2D eigenvalue weighted by molar-refractivity contribution is 1.20. The summed E-state index contributed by atoms with van der Waals surface area (Å²) in [6, 6.07) is 34.8. The number of hydrogen-bond donors (Lipinski definition) is 0. The lowest BCUT2D eigenvalue weighted by atomic mass is 10.0. The van der Waals surface area contributed by atoms with E-state index in [0.29, 0.717) is 0 Å². The average Bonchev–Trinajstić information content (AvgIpc) is 3.09. The van der Waals surface area contributed by atoms with Crippen LogP contribution in [0.5, 0.6) is 0 Å². The van der Waals surface area contributed by atoms with Gasteiger partial charge in [0, 0.05) is 20.6 Å². The molecule has 6 aromatic rings. The second kappa shape index (κ2) is 5.95. The third kappa shape index (κ3) is 2.12. The Kier molecular flexibility index (Phi) is 3.38. The molecule has 0 aliphatic heterocycles. The third-order valence-electron chi connectivity index (χ3n) is 5.65. The molecule has 0 aliphatic carbocycles. The van der Waals surface area contributed by atoms with E-state index >= 15 is 0 Å². The maximum Gasteiger partial charge on any atom is 0.0547 e. The van der Waals surface area contributed by atoms with Crippen molar-refractivity contribution in [3.8, 4) is 5.69 Å². The molecule has 0 atom stereocenters. The number of rotatable bonds is 1. The van der Waals surface area contributed by atoms with Gasteiger partial charge in [-0.3, -0.25) is 0 Å². The number of para-hydroxylation sites is 1. The van der Waals surface area contributed by atoms with Crippen molar-refractivity contribution in [2.45, 2.75) is 0 Å². The van der Waals surface area contributed by atoms with Crippen LogP contribution in [0.25, 0.3) is 49.0 Å². The summed E-state index contributed by atoms with van der Waals surface area (Å²) in [5, 5.41) is 7.66. The smallest absolute Gasteiger partial charge is 0.0547 e. The summed E-state index contributed by atoms with van der Waals surface area (Å²) in [4.78, 5) is 0. The quantitative estimate of drug-likeness (QED) is 0.254. The van der Waals surface area contributed by atoms with Gasteiger partial charge < -0.3 is 4.57 Å². The molecule has 0 N–H and O–H groups in total. The molecule has 28 heavy (non-hydrogen) atoms. The zero-order valence-corrected chi connectivity index (χ0v) is 16.6. The monoisotopic (exact) mass is 421 g/mol. The topological polar surface area (TPSA) is 4.93 Å². The molecule has 1 nitrogen and oxygen atoms in total. The molecule has 0 spiro atoms. The van der Waals surface area contributed by atoms with Crippen LogP contribution in [-0.2, 0) is 0 Å². The van der Waals surface area contributed by atoms with Gasteiger partial charge in [-0.05, 0) is 40.4 Å². The van der Waals surface area contributed by atoms with E-state index < -0.39 is 0 Å². The Hall–Kier alpha value is -3.10. The molecule has 1 heterocycles. The van der Waals surface area contributed by atoms with E-state index in [9.17, 15) is 0 Å². The van der Waals surface area contributed by atoms with Crippen LogP contribution in [0.1, 0.15) is 0 Å². The zero-order chi connectivity index (χ0) is 18.7. The molecule has 0 fully saturated rings. The molecule has 0 radical (unpaired) electrons. The first-order valence-electron chi connectivity index (χ1n) is 9.41. The van der Waals surface area contributed by atoms with Gasteiger partial charge in [0.2, 0.25) is 0 Å². The minimum absolute atomic E-state index is 1.12. The van der Waals surface area contributed by atoms with Crippen molar-refractivity contribution in [2.75, 3.05) is 0 Å². The molecule has 0 saturated carbocycles. The van der Waals surface area contributed by atoms with E-state index in [-0.39, 0.29) is 0 Å². The van der Waals surface area contributed by atoms with Gasteiger partial charge in [0.25, 0.3) is 0 Å². The standard InChI is InChI=1S/C26H16BrN/c27-22-14-16-24(20-10-4-3-9-19(20)22)28-23-12-6-5-11-21(23)26-18-8-2-1-7-17(18)13-15-25(26)28/h1-16H. The van der Waals surface area contributed by atoms with Crippen LogP contribution in [0, 0.1) is 0 Å². The summed E-state index contributed by atoms with van der Waals surface area (Å²) in [7, 11) is 0. The van der Waals surface area contributed by atoms with Gasteiger partial charge in [0.05, 0.1) is 16.7 Å². The maximum atomic E-state index is 3.72. The summed E-state index contributed by atoms with van der Waals surface area (Å²) in [5.74, 6) is 0. The fourth-order valence-electron chi connectivity index (χ4n) is 4.44. The fraction of sp³-hybridized carbons (Fsp3) is 0. The molecular formula is C26H16BrN. The van der Waals surface area contributed by atoms with Crippen molar-refractivity contribution in [3.05, 3.63) is 102 Å². The van der Waals surface area contributed by atoms with Crippen LogP contribution in [0.15, 0.2) is 102 Å². The lowest BCUT2D eigenvalue weighted by Gasteiger charge is -2.13. The number of halogens is 1. The average molecular weight is 422 g/mol. The summed E-state index contributed by atoms with van der Waals surface area (Å²) < 4.78 is 3.53. The normalized spacial score (nSPS) is 11.8. The molecule has 0 unspecified atom stereocenters. The van der Waals surface area contributed by atoms with Gasteiger partial charge in [-0.2, -0.15) is 0 Å². The van der Waals surface area contributed by atoms with Gasteiger partial charge >= 0.3 is 0 Å². The predicted octanol–water partition coefficient (Wildman–Crippen LogP) is 7.85. The molecule has 132 valence electrons. The van der Waals surface area contributed by atoms with Gasteiger partial charge in [-0.25, -0.2) is 0 Å². The highest BCUT2D eigenvalue weighted by atomic mass is 79.9. The third-order valence-corrected chi connectivity index (χ3v) is 6.34. The first kappa shape index (κ1) is 15.9. The summed E-state index contributed by atoms with van der Waals surface area (Å²) in [6.07, 6.45) is 0. The number of aromatic nitrogens is 1. The van der Waals surface area contributed by atoms with Crippen LogP contribution in [-0.4, -0.2) is 4.57 Å². The van der Waals surface area contributed by atoms with Gasteiger partial charge in [-0.15, -0.1) is 0 Å². The Bertz CT molecular complexity index is 1520. The Morgan fingerprint density at radius 1 is 0.500 bits per heavy atom. The highest BCUT2D eigenvalue weighted by Gasteiger charge is 2.16. The van der Waals surface area contributed by atoms with Crippen molar-refractivity contribution < 1.29 is 0 Å². The molecule has 1 aromatic heterocycles. The Morgan fingerprint density at radius 2 is 1.18 bits per heavy atom. The molecule has 6 rings (SSSR count). The van der Waals surface area contributed by atoms with Crippen molar-refractivity contribution in [1.82, 2.24) is 4.57 Å². The molecule has 2 heteroatoms. The number of fused-ring (bicyclic) bond motifs is 6. The molecular weight excluding hydrogens is 406 g/mol. The summed E-state index contributed by atoms with van der Waals surface area (Å²) in [6.45, 7) is 0. The van der Waals surface area contributed by atoms with E-state index in [0.717, 1.165) is 4.47 Å². The molecule has 0 bridgehead atoms. The number of nitrogens with zero attached hydrogens (tertiary/aromatic N) is 1. The van der Waals surface area contributed by atoms with E-state index in [1.54, 1.807) is 0 Å². The SMILES string of the molecule is Brc1ccc(-n2c3ccccc3c3c4ccccc4ccc32)c2ccccc12. The van der Waals surface area contributed by atoms with Crippen LogP contribution in [0.4, 0.5) is 0 Å². The maximum absolute atomic E-state index is 3.72. The van der Waals surface area contributed by atoms with Crippen molar-refractivity contribution >= 4 is 59.3 Å². The summed E-state index contributed by atoms with van der Waals surface area (Å²) in [5.41, 5.74) is 3.69. The minimum atomic E-state index is 1.12. The molecule has 5 aromatic carbocycles. The lowest BCUT2D eigenvalue weighted by Crippen LogP contribution is -1.95. The van der Waals surface area contributed by atoms with Gasteiger partial charge in [0.15, 0.2) is 0 Å². The van der Waals surface area contributed by atoms with Crippen molar-refractivity contribution in [3.63, 3.8) is 0 Å². The second-order valence-electron chi connectivity index (χ2n) is 7.15. The van der Waals surface area contributed by atoms with Gasteiger partial charge in [0.1, 0.15) is 0 Å². The highest BCUT2D eigenvalue weighted by molar-refractivity contribution is 9.10. The Balaban J connectivity index is 1.87. The highest BCUT2D eigenvalue weighted by Crippen LogP contribution is 2.39. The predicted molar refractivity (Wildman–Crippen MR) is 123 cm³/mol. The first-order chi connectivity index (χ1) is 13.8. The first-order valence-corrected chi connectivity index (χ1v) is 10.2. The van der Waals surface area contributed by atoms with Crippen LogP contribution in [0.3, 0.4) is 0 Å². The summed E-state index contributed by atoms with van der Waals surface area (Å²) >= 11 is 3.72. The molecule has 0 aliphatic rings. The molecule has 0 amide bonds. The number of hydrogen-bond acceptors (Lipinski definition) is 0. The fourth-order valence-corrected chi connectivity index (χ4v) is 4.92. The Labute approximate surface area is 171 Å². The zero-order valence-electron chi connectivity index (χ0n) is 15.1. The second-order valence-corrected chi connectivity index (χ2v) is 8.00. The number of benzene rings is 5. The van der Waals surface area contributed by atoms with Crippen LogP contribution in [0.2, 0.25) is 0 Å².